The number of piperidine rings is 1. The topological polar surface area (TPSA) is 46.3 Å². The summed E-state index contributed by atoms with van der Waals surface area (Å²) in [7, 11) is 0. The zero-order chi connectivity index (χ0) is 14.7. The molecule has 1 aliphatic heterocycles. The number of nitrogens with zero attached hydrogens (tertiary/aromatic N) is 1. The van der Waals surface area contributed by atoms with Crippen molar-refractivity contribution in [2.75, 3.05) is 6.54 Å². The van der Waals surface area contributed by atoms with Crippen molar-refractivity contribution < 1.29 is 4.79 Å². The number of rotatable bonds is 4. The molecule has 1 aliphatic carbocycles. The summed E-state index contributed by atoms with van der Waals surface area (Å²) in [5.41, 5.74) is 7.45. The van der Waals surface area contributed by atoms with E-state index in [0.717, 1.165) is 31.7 Å². The Balaban J connectivity index is 1.56. The van der Waals surface area contributed by atoms with E-state index in [1.54, 1.807) is 0 Å². The van der Waals surface area contributed by atoms with Gasteiger partial charge in [0.1, 0.15) is 0 Å². The first-order chi connectivity index (χ1) is 10.3. The van der Waals surface area contributed by atoms with Gasteiger partial charge in [-0.2, -0.15) is 0 Å². The van der Waals surface area contributed by atoms with Gasteiger partial charge in [-0.1, -0.05) is 36.8 Å². The normalized spacial score (nSPS) is 26.4. The van der Waals surface area contributed by atoms with E-state index in [0.29, 0.717) is 6.04 Å². The third-order valence-electron chi connectivity index (χ3n) is 5.18. The van der Waals surface area contributed by atoms with E-state index >= 15 is 0 Å². The van der Waals surface area contributed by atoms with Crippen molar-refractivity contribution in [3.63, 3.8) is 0 Å². The number of benzene rings is 1. The molecule has 1 heterocycles. The second-order valence-corrected chi connectivity index (χ2v) is 6.56. The molecule has 1 aromatic carbocycles. The average molecular weight is 286 g/mol. The first-order valence-electron chi connectivity index (χ1n) is 8.35. The molecule has 114 valence electrons. The highest BCUT2D eigenvalue weighted by atomic mass is 16.2. The Bertz CT molecular complexity index is 473. The maximum absolute atomic E-state index is 12.7. The first kappa shape index (κ1) is 14.6. The summed E-state index contributed by atoms with van der Waals surface area (Å²) in [4.78, 5) is 14.8. The molecule has 2 aliphatic rings. The number of carbonyl (C=O) groups excluding carboxylic acids is 1. The van der Waals surface area contributed by atoms with Crippen LogP contribution in [0.4, 0.5) is 0 Å². The molecule has 1 saturated heterocycles. The predicted molar refractivity (Wildman–Crippen MR) is 84.8 cm³/mol. The fourth-order valence-electron chi connectivity index (χ4n) is 4.03. The van der Waals surface area contributed by atoms with Crippen LogP contribution in [0.5, 0.6) is 0 Å². The Kier molecular flexibility index (Phi) is 4.59. The Morgan fingerprint density at radius 2 is 1.95 bits per heavy atom. The molecule has 0 bridgehead atoms. The van der Waals surface area contributed by atoms with Crippen molar-refractivity contribution in [3.05, 3.63) is 35.9 Å². The second-order valence-electron chi connectivity index (χ2n) is 6.56. The smallest absolute Gasteiger partial charge is 0.239 e. The van der Waals surface area contributed by atoms with E-state index in [2.05, 4.69) is 17.0 Å². The van der Waals surface area contributed by atoms with Gasteiger partial charge in [0.25, 0.3) is 0 Å². The quantitative estimate of drug-likeness (QED) is 0.925. The van der Waals surface area contributed by atoms with E-state index in [1.165, 1.54) is 31.2 Å². The van der Waals surface area contributed by atoms with Crippen molar-refractivity contribution in [1.82, 2.24) is 4.90 Å². The van der Waals surface area contributed by atoms with Crippen LogP contribution in [0.3, 0.4) is 0 Å². The van der Waals surface area contributed by atoms with E-state index < -0.39 is 0 Å². The van der Waals surface area contributed by atoms with Gasteiger partial charge in [0.15, 0.2) is 0 Å². The van der Waals surface area contributed by atoms with Gasteiger partial charge in [-0.15, -0.1) is 0 Å². The summed E-state index contributed by atoms with van der Waals surface area (Å²) in [6, 6.07) is 10.4. The molecule has 2 fully saturated rings. The average Bonchev–Trinajstić information content (AvgIpc) is 3.01. The largest absolute Gasteiger partial charge is 0.338 e. The number of hydrogen-bond donors (Lipinski definition) is 1. The van der Waals surface area contributed by atoms with Crippen LogP contribution in [0.25, 0.3) is 0 Å². The molecule has 3 nitrogen and oxygen atoms in total. The third kappa shape index (κ3) is 3.29. The van der Waals surface area contributed by atoms with Crippen LogP contribution in [0.15, 0.2) is 30.3 Å². The van der Waals surface area contributed by atoms with Crippen LogP contribution in [0, 0.1) is 5.92 Å². The summed E-state index contributed by atoms with van der Waals surface area (Å²) in [6.45, 7) is 0.916. The maximum atomic E-state index is 12.7. The van der Waals surface area contributed by atoms with Crippen molar-refractivity contribution in [3.8, 4) is 0 Å². The van der Waals surface area contributed by atoms with Crippen LogP contribution >= 0.6 is 0 Å². The molecule has 1 amide bonds. The van der Waals surface area contributed by atoms with Gasteiger partial charge in [-0.25, -0.2) is 0 Å². The fourth-order valence-corrected chi connectivity index (χ4v) is 4.03. The van der Waals surface area contributed by atoms with Crippen molar-refractivity contribution in [1.29, 1.82) is 0 Å². The van der Waals surface area contributed by atoms with Gasteiger partial charge in [-0.05, 0) is 50.0 Å². The Morgan fingerprint density at radius 3 is 2.76 bits per heavy atom. The lowest BCUT2D eigenvalue weighted by atomic mass is 9.91. The molecule has 0 aromatic heterocycles. The molecule has 1 aromatic rings. The maximum Gasteiger partial charge on any atom is 0.239 e. The van der Waals surface area contributed by atoms with E-state index in [4.69, 9.17) is 5.73 Å². The highest BCUT2D eigenvalue weighted by Gasteiger charge is 2.38. The molecular formula is C18H26N2O. The zero-order valence-corrected chi connectivity index (χ0v) is 12.7. The zero-order valence-electron chi connectivity index (χ0n) is 12.7. The highest BCUT2D eigenvalue weighted by molar-refractivity contribution is 5.82. The number of hydrogen-bond acceptors (Lipinski definition) is 2. The molecule has 3 rings (SSSR count). The van der Waals surface area contributed by atoms with Crippen LogP contribution < -0.4 is 5.73 Å². The Labute approximate surface area is 127 Å². The number of aryl methyl sites for hydroxylation is 1. The number of likely N-dealkylation sites (tertiary alicyclic amines) is 1. The minimum absolute atomic E-state index is 0.183. The molecular weight excluding hydrogens is 260 g/mol. The van der Waals surface area contributed by atoms with Gasteiger partial charge >= 0.3 is 0 Å². The molecule has 3 heteroatoms. The lowest BCUT2D eigenvalue weighted by Crippen LogP contribution is -2.52. The van der Waals surface area contributed by atoms with E-state index in [-0.39, 0.29) is 11.9 Å². The lowest BCUT2D eigenvalue weighted by Gasteiger charge is -2.39. The van der Waals surface area contributed by atoms with Gasteiger partial charge in [0, 0.05) is 12.6 Å². The van der Waals surface area contributed by atoms with Crippen LogP contribution in [0.1, 0.15) is 44.1 Å². The molecule has 0 radical (unpaired) electrons. The molecule has 3 atom stereocenters. The van der Waals surface area contributed by atoms with Gasteiger partial charge in [-0.3, -0.25) is 4.79 Å². The van der Waals surface area contributed by atoms with Gasteiger partial charge in [0.05, 0.1) is 6.04 Å². The number of nitrogens with two attached hydrogens (primary N) is 1. The number of fused-ring (bicyclic) bond motifs is 1. The van der Waals surface area contributed by atoms with Gasteiger partial charge < -0.3 is 10.6 Å². The summed E-state index contributed by atoms with van der Waals surface area (Å²) in [5, 5.41) is 0. The van der Waals surface area contributed by atoms with E-state index in [1.807, 2.05) is 18.2 Å². The third-order valence-corrected chi connectivity index (χ3v) is 5.18. The molecule has 0 spiro atoms. The summed E-state index contributed by atoms with van der Waals surface area (Å²) in [5.74, 6) is 0.923. The van der Waals surface area contributed by atoms with Crippen LogP contribution in [-0.2, 0) is 11.2 Å². The van der Waals surface area contributed by atoms with E-state index in [9.17, 15) is 4.79 Å². The number of carbonyl (C=O) groups is 1. The Morgan fingerprint density at radius 1 is 1.19 bits per heavy atom. The first-order valence-corrected chi connectivity index (χ1v) is 8.35. The standard InChI is InChI=1S/C18H26N2O/c19-16(12-11-14-6-2-1-3-7-14)18(21)20-13-5-9-15-8-4-10-17(15)20/h1-3,6-7,15-17H,4-5,8-13,19H2. The molecule has 3 unspecified atom stereocenters. The SMILES string of the molecule is NC(CCc1ccccc1)C(=O)N1CCCC2CCCC21. The monoisotopic (exact) mass is 286 g/mol. The summed E-state index contributed by atoms with van der Waals surface area (Å²) < 4.78 is 0. The van der Waals surface area contributed by atoms with Crippen LogP contribution in [0.2, 0.25) is 0 Å². The Hall–Kier alpha value is -1.35. The number of amides is 1. The predicted octanol–water partition coefficient (Wildman–Crippen LogP) is 2.74. The molecule has 2 N–H and O–H groups in total. The minimum atomic E-state index is -0.343. The highest BCUT2D eigenvalue weighted by Crippen LogP contribution is 2.37. The lowest BCUT2D eigenvalue weighted by molar-refractivity contribution is -0.137. The second kappa shape index (κ2) is 6.61. The summed E-state index contributed by atoms with van der Waals surface area (Å²) >= 11 is 0. The molecule has 21 heavy (non-hydrogen) atoms. The van der Waals surface area contributed by atoms with Crippen molar-refractivity contribution in [2.45, 2.75) is 57.0 Å². The van der Waals surface area contributed by atoms with Gasteiger partial charge in [0.2, 0.25) is 5.91 Å². The minimum Gasteiger partial charge on any atom is -0.338 e. The van der Waals surface area contributed by atoms with Crippen molar-refractivity contribution >= 4 is 5.91 Å². The fraction of sp³-hybridized carbons (Fsp3) is 0.611. The molecule has 1 saturated carbocycles. The van der Waals surface area contributed by atoms with Crippen molar-refractivity contribution in [2.24, 2.45) is 11.7 Å². The summed E-state index contributed by atoms with van der Waals surface area (Å²) in [6.07, 6.45) is 7.84. The van der Waals surface area contributed by atoms with Crippen LogP contribution in [-0.4, -0.2) is 29.4 Å².